The molecule has 112 valence electrons. The second-order valence-electron chi connectivity index (χ2n) is 5.81. The van der Waals surface area contributed by atoms with Crippen LogP contribution in [0.5, 0.6) is 5.75 Å². The molecule has 0 aliphatic carbocycles. The van der Waals surface area contributed by atoms with Gasteiger partial charge < -0.3 is 10.1 Å². The SMILES string of the molecule is CC(c1cccc(OC(F)F)c1)N1CCNCC1(C)C. The van der Waals surface area contributed by atoms with Crippen molar-refractivity contribution in [1.82, 2.24) is 10.2 Å². The van der Waals surface area contributed by atoms with E-state index < -0.39 is 6.61 Å². The quantitative estimate of drug-likeness (QED) is 0.919. The molecule has 0 radical (unpaired) electrons. The first-order valence-corrected chi connectivity index (χ1v) is 6.92. The van der Waals surface area contributed by atoms with Gasteiger partial charge in [-0.2, -0.15) is 8.78 Å². The van der Waals surface area contributed by atoms with Crippen molar-refractivity contribution < 1.29 is 13.5 Å². The van der Waals surface area contributed by atoms with E-state index in [2.05, 4.69) is 35.7 Å². The largest absolute Gasteiger partial charge is 0.435 e. The maximum atomic E-state index is 12.3. The number of nitrogens with one attached hydrogen (secondary N) is 1. The topological polar surface area (TPSA) is 24.5 Å². The van der Waals surface area contributed by atoms with Crippen molar-refractivity contribution in [2.24, 2.45) is 0 Å². The normalized spacial score (nSPS) is 20.9. The van der Waals surface area contributed by atoms with Crippen LogP contribution in [0, 0.1) is 0 Å². The minimum Gasteiger partial charge on any atom is -0.435 e. The number of rotatable bonds is 4. The summed E-state index contributed by atoms with van der Waals surface area (Å²) < 4.78 is 29.1. The first-order valence-electron chi connectivity index (χ1n) is 6.92. The lowest BCUT2D eigenvalue weighted by Crippen LogP contribution is -2.58. The molecular formula is C15H22F2N2O. The Hall–Kier alpha value is -1.20. The van der Waals surface area contributed by atoms with E-state index >= 15 is 0 Å². The summed E-state index contributed by atoms with van der Waals surface area (Å²) in [4.78, 5) is 2.39. The van der Waals surface area contributed by atoms with E-state index in [1.165, 1.54) is 0 Å². The van der Waals surface area contributed by atoms with E-state index in [9.17, 15) is 8.78 Å². The van der Waals surface area contributed by atoms with Gasteiger partial charge in [0.1, 0.15) is 5.75 Å². The third kappa shape index (κ3) is 3.46. The number of piperazine rings is 1. The number of hydrogen-bond donors (Lipinski definition) is 1. The van der Waals surface area contributed by atoms with Crippen LogP contribution in [0.2, 0.25) is 0 Å². The molecule has 1 atom stereocenters. The minimum absolute atomic E-state index is 0.0389. The first kappa shape index (κ1) is 15.2. The van der Waals surface area contributed by atoms with Crippen LogP contribution in [-0.4, -0.2) is 36.7 Å². The summed E-state index contributed by atoms with van der Waals surface area (Å²) in [6.07, 6.45) is 0. The lowest BCUT2D eigenvalue weighted by Gasteiger charge is -2.46. The molecule has 1 aromatic rings. The summed E-state index contributed by atoms with van der Waals surface area (Å²) >= 11 is 0. The highest BCUT2D eigenvalue weighted by atomic mass is 19.3. The summed E-state index contributed by atoms with van der Waals surface area (Å²) in [5.74, 6) is 0.220. The van der Waals surface area contributed by atoms with Gasteiger partial charge in [0.15, 0.2) is 0 Å². The number of alkyl halides is 2. The van der Waals surface area contributed by atoms with Crippen LogP contribution in [-0.2, 0) is 0 Å². The molecule has 1 saturated heterocycles. The van der Waals surface area contributed by atoms with Crippen molar-refractivity contribution >= 4 is 0 Å². The van der Waals surface area contributed by atoms with E-state index in [-0.39, 0.29) is 17.3 Å². The number of ether oxygens (including phenoxy) is 1. The average molecular weight is 284 g/mol. The molecule has 0 amide bonds. The predicted molar refractivity (Wildman–Crippen MR) is 75.1 cm³/mol. The molecule has 3 nitrogen and oxygen atoms in total. The van der Waals surface area contributed by atoms with Gasteiger partial charge in [-0.1, -0.05) is 12.1 Å². The van der Waals surface area contributed by atoms with Crippen molar-refractivity contribution in [3.8, 4) is 5.75 Å². The fourth-order valence-corrected chi connectivity index (χ4v) is 2.85. The first-order chi connectivity index (χ1) is 9.40. The molecule has 0 spiro atoms. The number of benzene rings is 1. The molecule has 1 heterocycles. The maximum absolute atomic E-state index is 12.3. The summed E-state index contributed by atoms with van der Waals surface area (Å²) in [5.41, 5.74) is 1.04. The lowest BCUT2D eigenvalue weighted by atomic mass is 9.95. The van der Waals surface area contributed by atoms with Crippen LogP contribution in [0.15, 0.2) is 24.3 Å². The van der Waals surface area contributed by atoms with Crippen LogP contribution >= 0.6 is 0 Å². The van der Waals surface area contributed by atoms with Gasteiger partial charge in [-0.15, -0.1) is 0 Å². The van der Waals surface area contributed by atoms with Crippen molar-refractivity contribution in [3.05, 3.63) is 29.8 Å². The Kier molecular flexibility index (Phi) is 4.60. The van der Waals surface area contributed by atoms with Crippen molar-refractivity contribution in [1.29, 1.82) is 0 Å². The van der Waals surface area contributed by atoms with Gasteiger partial charge in [0, 0.05) is 31.2 Å². The van der Waals surface area contributed by atoms with Crippen LogP contribution in [0.1, 0.15) is 32.4 Å². The molecule has 1 unspecified atom stereocenters. The Labute approximate surface area is 118 Å². The van der Waals surface area contributed by atoms with Crippen LogP contribution < -0.4 is 10.1 Å². The van der Waals surface area contributed by atoms with Crippen LogP contribution in [0.3, 0.4) is 0 Å². The zero-order chi connectivity index (χ0) is 14.8. The molecule has 0 aromatic heterocycles. The Bertz CT molecular complexity index is 451. The van der Waals surface area contributed by atoms with E-state index in [1.54, 1.807) is 18.2 Å². The van der Waals surface area contributed by atoms with Gasteiger partial charge in [0.05, 0.1) is 0 Å². The molecular weight excluding hydrogens is 262 g/mol. The fourth-order valence-electron chi connectivity index (χ4n) is 2.85. The molecule has 1 fully saturated rings. The van der Waals surface area contributed by atoms with Gasteiger partial charge in [-0.3, -0.25) is 4.90 Å². The molecule has 5 heteroatoms. The molecule has 20 heavy (non-hydrogen) atoms. The zero-order valence-electron chi connectivity index (χ0n) is 12.2. The Morgan fingerprint density at radius 1 is 1.35 bits per heavy atom. The van der Waals surface area contributed by atoms with Gasteiger partial charge in [-0.25, -0.2) is 0 Å². The number of halogens is 2. The summed E-state index contributed by atoms with van der Waals surface area (Å²) in [7, 11) is 0. The predicted octanol–water partition coefficient (Wildman–Crippen LogP) is 3.03. The van der Waals surface area contributed by atoms with Crippen molar-refractivity contribution in [2.45, 2.75) is 39.0 Å². The van der Waals surface area contributed by atoms with Crippen LogP contribution in [0.4, 0.5) is 8.78 Å². The van der Waals surface area contributed by atoms with Crippen LogP contribution in [0.25, 0.3) is 0 Å². The highest BCUT2D eigenvalue weighted by Crippen LogP contribution is 2.30. The van der Waals surface area contributed by atoms with Crippen molar-refractivity contribution in [2.75, 3.05) is 19.6 Å². The minimum atomic E-state index is -2.78. The van der Waals surface area contributed by atoms with E-state index in [4.69, 9.17) is 0 Å². The standard InChI is InChI=1S/C15H22F2N2O/c1-11(19-8-7-18-10-15(19,2)3)12-5-4-6-13(9-12)20-14(16)17/h4-6,9,11,14,18H,7-8,10H2,1-3H3. The summed E-state index contributed by atoms with van der Waals surface area (Å²) in [5, 5.41) is 3.38. The number of hydrogen-bond acceptors (Lipinski definition) is 3. The highest BCUT2D eigenvalue weighted by Gasteiger charge is 2.33. The van der Waals surface area contributed by atoms with Crippen molar-refractivity contribution in [3.63, 3.8) is 0 Å². The third-order valence-electron chi connectivity index (χ3n) is 3.90. The molecule has 1 aliphatic heterocycles. The van der Waals surface area contributed by atoms with Gasteiger partial charge in [0.25, 0.3) is 0 Å². The average Bonchev–Trinajstić information content (AvgIpc) is 2.37. The molecule has 0 bridgehead atoms. The lowest BCUT2D eigenvalue weighted by molar-refractivity contribution is -0.0500. The highest BCUT2D eigenvalue weighted by molar-refractivity contribution is 5.30. The van der Waals surface area contributed by atoms with Gasteiger partial charge in [-0.05, 0) is 38.5 Å². The maximum Gasteiger partial charge on any atom is 0.387 e. The molecule has 1 aromatic carbocycles. The van der Waals surface area contributed by atoms with Gasteiger partial charge >= 0.3 is 6.61 Å². The Balaban J connectivity index is 2.17. The Morgan fingerprint density at radius 2 is 2.10 bits per heavy atom. The molecule has 0 saturated carbocycles. The summed E-state index contributed by atoms with van der Waals surface area (Å²) in [6, 6.07) is 7.15. The second-order valence-corrected chi connectivity index (χ2v) is 5.81. The zero-order valence-corrected chi connectivity index (χ0v) is 12.2. The third-order valence-corrected chi connectivity index (χ3v) is 3.90. The molecule has 1 aliphatic rings. The monoisotopic (exact) mass is 284 g/mol. The molecule has 1 N–H and O–H groups in total. The smallest absolute Gasteiger partial charge is 0.387 e. The summed E-state index contributed by atoms with van der Waals surface area (Å²) in [6.45, 7) is 6.51. The van der Waals surface area contributed by atoms with E-state index in [1.807, 2.05) is 6.07 Å². The Morgan fingerprint density at radius 3 is 2.75 bits per heavy atom. The van der Waals surface area contributed by atoms with E-state index in [0.29, 0.717) is 0 Å². The van der Waals surface area contributed by atoms with Gasteiger partial charge in [0.2, 0.25) is 0 Å². The van der Waals surface area contributed by atoms with E-state index in [0.717, 1.165) is 25.2 Å². The second kappa shape index (κ2) is 6.06. The molecule has 2 rings (SSSR count). The fraction of sp³-hybridized carbons (Fsp3) is 0.600. The number of nitrogens with zero attached hydrogens (tertiary/aromatic N) is 1.